The monoisotopic (exact) mass is 293 g/mol. The minimum atomic E-state index is -1.00. The molecule has 0 aliphatic rings. The lowest BCUT2D eigenvalue weighted by atomic mass is 10.0. The molecular weight excluding hydrogens is 276 g/mol. The van der Waals surface area contributed by atoms with Gasteiger partial charge in [0.15, 0.2) is 0 Å². The van der Waals surface area contributed by atoms with E-state index >= 15 is 0 Å². The topological polar surface area (TPSA) is 49.4 Å². The number of carboxylic acids is 1. The third-order valence-electron chi connectivity index (χ3n) is 3.72. The Kier molecular flexibility index (Phi) is 4.24. The first-order valence-corrected chi connectivity index (χ1v) is 7.47. The van der Waals surface area contributed by atoms with Crippen molar-refractivity contribution in [1.29, 1.82) is 0 Å². The highest BCUT2D eigenvalue weighted by molar-refractivity contribution is 5.98. The Hall–Kier alpha value is -2.55. The molecule has 3 heteroatoms. The molecule has 0 N–H and O–H groups in total. The number of ether oxygens (including phenoxy) is 1. The van der Waals surface area contributed by atoms with Crippen LogP contribution in [0, 0.1) is 0 Å². The van der Waals surface area contributed by atoms with E-state index in [9.17, 15) is 9.90 Å². The van der Waals surface area contributed by atoms with Gasteiger partial charge in [0, 0.05) is 5.97 Å². The minimum absolute atomic E-state index is 0.0903. The highest BCUT2D eigenvalue weighted by Gasteiger charge is 2.00. The van der Waals surface area contributed by atoms with Crippen LogP contribution < -0.4 is 9.84 Å². The Morgan fingerprint density at radius 3 is 2.27 bits per heavy atom. The van der Waals surface area contributed by atoms with E-state index in [-0.39, 0.29) is 6.42 Å². The van der Waals surface area contributed by atoms with Gasteiger partial charge in [-0.1, -0.05) is 30.3 Å². The van der Waals surface area contributed by atoms with Gasteiger partial charge in [-0.2, -0.15) is 0 Å². The number of benzene rings is 3. The van der Waals surface area contributed by atoms with Gasteiger partial charge in [0.05, 0.1) is 6.61 Å². The first-order valence-electron chi connectivity index (χ1n) is 7.47. The Bertz CT molecular complexity index is 808. The highest BCUT2D eigenvalue weighted by atomic mass is 16.5. The number of rotatable bonds is 6. The predicted octanol–water partition coefficient (Wildman–Crippen LogP) is 3.29. The lowest BCUT2D eigenvalue weighted by Crippen LogP contribution is -2.21. The van der Waals surface area contributed by atoms with Gasteiger partial charge in [-0.05, 0) is 65.1 Å². The summed E-state index contributed by atoms with van der Waals surface area (Å²) in [7, 11) is 0. The number of hydrogen-bond donors (Lipinski definition) is 0. The predicted molar refractivity (Wildman–Crippen MR) is 85.8 cm³/mol. The van der Waals surface area contributed by atoms with Gasteiger partial charge in [-0.3, -0.25) is 0 Å². The highest BCUT2D eigenvalue weighted by Crippen LogP contribution is 2.26. The number of carbonyl (C=O) groups is 1. The average Bonchev–Trinajstić information content (AvgIpc) is 2.52. The lowest BCUT2D eigenvalue weighted by Gasteiger charge is -2.08. The molecule has 0 saturated carbocycles. The zero-order valence-corrected chi connectivity index (χ0v) is 12.2. The zero-order chi connectivity index (χ0) is 15.4. The standard InChI is InChI=1S/C19H18O3/c20-19(21)7-3-4-10-22-18-9-8-16-11-14-5-1-2-6-15(14)12-17(16)13-18/h1-2,5-6,8-9,11-13H,3-4,7,10H2,(H,20,21)/p-1. The number of carbonyl (C=O) groups excluding carboxylic acids is 1. The van der Waals surface area contributed by atoms with Crippen LogP contribution in [0.15, 0.2) is 54.6 Å². The number of carboxylic acid groups (broad SMARTS) is 1. The molecule has 0 heterocycles. The molecule has 0 aliphatic heterocycles. The molecule has 0 amide bonds. The van der Waals surface area contributed by atoms with Crippen molar-refractivity contribution >= 4 is 27.5 Å². The summed E-state index contributed by atoms with van der Waals surface area (Å²) >= 11 is 0. The molecule has 112 valence electrons. The normalized spacial score (nSPS) is 10.9. The number of aliphatic carboxylic acids is 1. The van der Waals surface area contributed by atoms with Gasteiger partial charge < -0.3 is 14.6 Å². The average molecular weight is 293 g/mol. The van der Waals surface area contributed by atoms with Crippen LogP contribution in [0.2, 0.25) is 0 Å². The molecule has 0 unspecified atom stereocenters. The molecule has 0 fully saturated rings. The third kappa shape index (κ3) is 3.37. The minimum Gasteiger partial charge on any atom is -0.550 e. The summed E-state index contributed by atoms with van der Waals surface area (Å²) in [6, 6.07) is 18.7. The van der Waals surface area contributed by atoms with Crippen molar-refractivity contribution in [2.45, 2.75) is 19.3 Å². The van der Waals surface area contributed by atoms with Crippen LogP contribution in [0.1, 0.15) is 19.3 Å². The van der Waals surface area contributed by atoms with Crippen molar-refractivity contribution in [1.82, 2.24) is 0 Å². The van der Waals surface area contributed by atoms with Crippen molar-refractivity contribution in [2.75, 3.05) is 6.61 Å². The summed E-state index contributed by atoms with van der Waals surface area (Å²) in [5.74, 6) is -0.186. The lowest BCUT2D eigenvalue weighted by molar-refractivity contribution is -0.305. The Morgan fingerprint density at radius 2 is 1.55 bits per heavy atom. The van der Waals surface area contributed by atoms with E-state index < -0.39 is 5.97 Å². The molecule has 0 radical (unpaired) electrons. The van der Waals surface area contributed by atoms with Crippen LogP contribution in [0.5, 0.6) is 5.75 Å². The second-order valence-electron chi connectivity index (χ2n) is 5.39. The summed E-state index contributed by atoms with van der Waals surface area (Å²) in [6.45, 7) is 0.520. The Balaban J connectivity index is 1.72. The first-order chi connectivity index (χ1) is 10.7. The Labute approximate surface area is 129 Å². The molecule has 0 saturated heterocycles. The molecule has 3 nitrogen and oxygen atoms in total. The summed E-state index contributed by atoms with van der Waals surface area (Å²) < 4.78 is 5.69. The van der Waals surface area contributed by atoms with Crippen LogP contribution in [0.25, 0.3) is 21.5 Å². The van der Waals surface area contributed by atoms with Crippen molar-refractivity contribution in [3.05, 3.63) is 54.6 Å². The summed E-state index contributed by atoms with van der Waals surface area (Å²) in [5.41, 5.74) is 0. The Morgan fingerprint density at radius 1 is 0.864 bits per heavy atom. The largest absolute Gasteiger partial charge is 0.550 e. The van der Waals surface area contributed by atoms with Crippen LogP contribution in [0.3, 0.4) is 0 Å². The maximum atomic E-state index is 10.3. The molecule has 0 bridgehead atoms. The second-order valence-corrected chi connectivity index (χ2v) is 5.39. The molecule has 0 atom stereocenters. The molecule has 0 aromatic heterocycles. The van der Waals surface area contributed by atoms with E-state index in [0.29, 0.717) is 19.4 Å². The first kappa shape index (κ1) is 14.4. The molecule has 3 rings (SSSR count). The van der Waals surface area contributed by atoms with E-state index in [1.54, 1.807) is 0 Å². The van der Waals surface area contributed by atoms with E-state index in [2.05, 4.69) is 30.3 Å². The molecule has 3 aromatic rings. The van der Waals surface area contributed by atoms with Crippen molar-refractivity contribution in [3.63, 3.8) is 0 Å². The molecule has 0 aliphatic carbocycles. The second kappa shape index (κ2) is 6.48. The third-order valence-corrected chi connectivity index (χ3v) is 3.72. The van der Waals surface area contributed by atoms with E-state index in [0.717, 1.165) is 11.1 Å². The molecular formula is C19H17O3-. The molecule has 22 heavy (non-hydrogen) atoms. The fraction of sp³-hybridized carbons (Fsp3) is 0.211. The fourth-order valence-electron chi connectivity index (χ4n) is 2.57. The maximum Gasteiger partial charge on any atom is 0.119 e. The van der Waals surface area contributed by atoms with Gasteiger partial charge in [0.25, 0.3) is 0 Å². The maximum absolute atomic E-state index is 10.3. The number of fused-ring (bicyclic) bond motifs is 2. The van der Waals surface area contributed by atoms with Gasteiger partial charge in [-0.15, -0.1) is 0 Å². The molecule has 3 aromatic carbocycles. The number of unbranched alkanes of at least 4 members (excludes halogenated alkanes) is 1. The van der Waals surface area contributed by atoms with Gasteiger partial charge in [-0.25, -0.2) is 0 Å². The smallest absolute Gasteiger partial charge is 0.119 e. The van der Waals surface area contributed by atoms with Crippen molar-refractivity contribution in [2.24, 2.45) is 0 Å². The SMILES string of the molecule is O=C([O-])CCCCOc1ccc2cc3ccccc3cc2c1. The summed E-state index contributed by atoms with van der Waals surface area (Å²) in [5, 5.41) is 15.1. The van der Waals surface area contributed by atoms with Crippen molar-refractivity contribution in [3.8, 4) is 5.75 Å². The van der Waals surface area contributed by atoms with Gasteiger partial charge in [0.2, 0.25) is 0 Å². The quantitative estimate of drug-likeness (QED) is 0.517. The summed E-state index contributed by atoms with van der Waals surface area (Å²) in [6.07, 6.45) is 1.39. The van der Waals surface area contributed by atoms with Gasteiger partial charge in [0.1, 0.15) is 5.75 Å². The van der Waals surface area contributed by atoms with Crippen LogP contribution in [-0.2, 0) is 4.79 Å². The molecule has 0 spiro atoms. The van der Waals surface area contributed by atoms with Crippen LogP contribution in [0.4, 0.5) is 0 Å². The van der Waals surface area contributed by atoms with E-state index in [4.69, 9.17) is 4.74 Å². The number of hydrogen-bond acceptors (Lipinski definition) is 3. The summed E-state index contributed by atoms with van der Waals surface area (Å²) in [4.78, 5) is 10.3. The van der Waals surface area contributed by atoms with Gasteiger partial charge >= 0.3 is 0 Å². The van der Waals surface area contributed by atoms with E-state index in [1.165, 1.54) is 16.2 Å². The van der Waals surface area contributed by atoms with E-state index in [1.807, 2.05) is 24.3 Å². The van der Waals surface area contributed by atoms with Crippen LogP contribution in [-0.4, -0.2) is 12.6 Å². The fourth-order valence-corrected chi connectivity index (χ4v) is 2.57. The van der Waals surface area contributed by atoms with Crippen molar-refractivity contribution < 1.29 is 14.6 Å². The zero-order valence-electron chi connectivity index (χ0n) is 12.2. The van der Waals surface area contributed by atoms with Crippen LogP contribution >= 0.6 is 0 Å².